The van der Waals surface area contributed by atoms with Crippen LogP contribution in [0.4, 0.5) is 5.69 Å². The summed E-state index contributed by atoms with van der Waals surface area (Å²) < 4.78 is 8.17. The van der Waals surface area contributed by atoms with E-state index in [0.29, 0.717) is 24.1 Å². The molecule has 1 saturated heterocycles. The molecule has 1 aliphatic rings. The minimum absolute atomic E-state index is 0.0180. The molecule has 0 radical (unpaired) electrons. The Balaban J connectivity index is 1.42. The number of nitrogens with zero attached hydrogens (tertiary/aromatic N) is 6. The Morgan fingerprint density at radius 1 is 1.21 bits per heavy atom. The van der Waals surface area contributed by atoms with Gasteiger partial charge >= 0.3 is 0 Å². The number of piperazine rings is 1. The molecular formula is C19H22N6O3. The van der Waals surface area contributed by atoms with E-state index in [1.54, 1.807) is 23.7 Å². The minimum atomic E-state index is -0.249. The number of carbonyl (C=O) groups excluding carboxylic acids is 1. The summed E-state index contributed by atoms with van der Waals surface area (Å²) in [5.41, 5.74) is 1.34. The molecule has 4 rings (SSSR count). The molecule has 1 aliphatic heterocycles. The van der Waals surface area contributed by atoms with Crippen molar-refractivity contribution in [2.24, 2.45) is 7.05 Å². The summed E-state index contributed by atoms with van der Waals surface area (Å²) in [6.45, 7) is 2.65. The minimum Gasteiger partial charge on any atom is -0.497 e. The van der Waals surface area contributed by atoms with Crippen molar-refractivity contribution in [1.29, 1.82) is 0 Å². The highest BCUT2D eigenvalue weighted by Crippen LogP contribution is 2.22. The van der Waals surface area contributed by atoms with Crippen molar-refractivity contribution in [2.75, 3.05) is 38.2 Å². The Bertz CT molecular complexity index is 1060. The average Bonchev–Trinajstić information content (AvgIpc) is 3.11. The lowest BCUT2D eigenvalue weighted by atomic mass is 10.2. The van der Waals surface area contributed by atoms with Crippen LogP contribution in [-0.2, 0) is 18.4 Å². The van der Waals surface area contributed by atoms with Crippen LogP contribution >= 0.6 is 0 Å². The van der Waals surface area contributed by atoms with Crippen LogP contribution in [0.25, 0.3) is 11.0 Å². The standard InChI is InChI=1S/C19H22N6O3/c1-22-18-16(11-21-22)19(27)25(13-20-18)12-17(26)24-8-6-23(7-9-24)14-4-3-5-15(10-14)28-2/h3-5,10-11,13H,6-9,12H2,1-2H3. The van der Waals surface area contributed by atoms with Crippen molar-refractivity contribution in [3.63, 3.8) is 0 Å². The van der Waals surface area contributed by atoms with Crippen LogP contribution < -0.4 is 15.2 Å². The second-order valence-electron chi connectivity index (χ2n) is 6.75. The summed E-state index contributed by atoms with van der Waals surface area (Å²) in [5.74, 6) is 0.728. The average molecular weight is 382 g/mol. The number of aryl methyl sites for hydroxylation is 1. The van der Waals surface area contributed by atoms with Gasteiger partial charge in [0.25, 0.3) is 5.56 Å². The van der Waals surface area contributed by atoms with Gasteiger partial charge in [0.15, 0.2) is 5.65 Å². The van der Waals surface area contributed by atoms with E-state index in [1.165, 1.54) is 17.1 Å². The third-order valence-electron chi connectivity index (χ3n) is 5.07. The highest BCUT2D eigenvalue weighted by atomic mass is 16.5. The largest absolute Gasteiger partial charge is 0.497 e. The van der Waals surface area contributed by atoms with Gasteiger partial charge in [-0.05, 0) is 12.1 Å². The van der Waals surface area contributed by atoms with Gasteiger partial charge < -0.3 is 14.5 Å². The number of anilines is 1. The van der Waals surface area contributed by atoms with E-state index >= 15 is 0 Å². The number of ether oxygens (including phenoxy) is 1. The van der Waals surface area contributed by atoms with E-state index in [4.69, 9.17) is 4.74 Å². The van der Waals surface area contributed by atoms with E-state index in [2.05, 4.69) is 15.0 Å². The van der Waals surface area contributed by atoms with Crippen molar-refractivity contribution >= 4 is 22.6 Å². The molecule has 0 aliphatic carbocycles. The first-order chi connectivity index (χ1) is 13.6. The monoisotopic (exact) mass is 382 g/mol. The van der Waals surface area contributed by atoms with Crippen LogP contribution in [-0.4, -0.2) is 63.4 Å². The molecule has 9 heteroatoms. The zero-order valence-corrected chi connectivity index (χ0v) is 15.9. The fourth-order valence-electron chi connectivity index (χ4n) is 3.45. The van der Waals surface area contributed by atoms with Gasteiger partial charge in [-0.2, -0.15) is 5.10 Å². The van der Waals surface area contributed by atoms with E-state index in [-0.39, 0.29) is 18.0 Å². The zero-order valence-electron chi connectivity index (χ0n) is 15.9. The SMILES string of the molecule is COc1cccc(N2CCN(C(=O)Cn3cnc4c(cnn4C)c3=O)CC2)c1. The maximum Gasteiger partial charge on any atom is 0.264 e. The van der Waals surface area contributed by atoms with Crippen molar-refractivity contribution in [3.05, 3.63) is 47.1 Å². The van der Waals surface area contributed by atoms with E-state index < -0.39 is 0 Å². The maximum atomic E-state index is 12.7. The van der Waals surface area contributed by atoms with Crippen molar-refractivity contribution in [1.82, 2.24) is 24.2 Å². The Labute approximate surface area is 161 Å². The van der Waals surface area contributed by atoms with Gasteiger partial charge in [0, 0.05) is 45.0 Å². The summed E-state index contributed by atoms with van der Waals surface area (Å²) in [6, 6.07) is 7.90. The molecule has 0 N–H and O–H groups in total. The van der Waals surface area contributed by atoms with Crippen LogP contribution in [0.15, 0.2) is 41.6 Å². The number of rotatable bonds is 4. The fourth-order valence-corrected chi connectivity index (χ4v) is 3.45. The molecule has 0 spiro atoms. The number of fused-ring (bicyclic) bond motifs is 1. The first-order valence-corrected chi connectivity index (χ1v) is 9.11. The number of benzene rings is 1. The van der Waals surface area contributed by atoms with E-state index in [9.17, 15) is 9.59 Å². The molecular weight excluding hydrogens is 360 g/mol. The molecule has 1 amide bonds. The smallest absolute Gasteiger partial charge is 0.264 e. The summed E-state index contributed by atoms with van der Waals surface area (Å²) in [4.78, 5) is 33.5. The lowest BCUT2D eigenvalue weighted by Crippen LogP contribution is -2.50. The third kappa shape index (κ3) is 3.30. The van der Waals surface area contributed by atoms with Crippen molar-refractivity contribution in [2.45, 2.75) is 6.54 Å². The summed E-state index contributed by atoms with van der Waals surface area (Å²) in [5, 5.41) is 4.46. The van der Waals surface area contributed by atoms with E-state index in [0.717, 1.165) is 24.5 Å². The molecule has 0 unspecified atom stereocenters. The number of hydrogen-bond acceptors (Lipinski definition) is 6. The van der Waals surface area contributed by atoms with Gasteiger partial charge in [0.05, 0.1) is 13.3 Å². The topological polar surface area (TPSA) is 85.5 Å². The van der Waals surface area contributed by atoms with E-state index in [1.807, 2.05) is 24.3 Å². The predicted molar refractivity (Wildman–Crippen MR) is 105 cm³/mol. The number of methoxy groups -OCH3 is 1. The Kier molecular flexibility index (Phi) is 4.72. The van der Waals surface area contributed by atoms with Crippen molar-refractivity contribution in [3.8, 4) is 5.75 Å². The highest BCUT2D eigenvalue weighted by molar-refractivity contribution is 5.77. The molecule has 3 aromatic rings. The van der Waals surface area contributed by atoms with Crippen molar-refractivity contribution < 1.29 is 9.53 Å². The molecule has 1 aromatic carbocycles. The maximum absolute atomic E-state index is 12.7. The zero-order chi connectivity index (χ0) is 19.7. The Morgan fingerprint density at radius 2 is 2.00 bits per heavy atom. The Hall–Kier alpha value is -3.36. The molecule has 28 heavy (non-hydrogen) atoms. The van der Waals surface area contributed by atoms with Crippen LogP contribution in [0, 0.1) is 0 Å². The molecule has 0 atom stereocenters. The highest BCUT2D eigenvalue weighted by Gasteiger charge is 2.22. The molecule has 0 saturated carbocycles. The second kappa shape index (κ2) is 7.34. The number of aromatic nitrogens is 4. The normalized spacial score (nSPS) is 14.5. The van der Waals surface area contributed by atoms with Gasteiger partial charge in [-0.1, -0.05) is 6.07 Å². The van der Waals surface area contributed by atoms with Gasteiger partial charge in [-0.3, -0.25) is 18.8 Å². The van der Waals surface area contributed by atoms with Gasteiger partial charge in [-0.25, -0.2) is 4.98 Å². The first-order valence-electron chi connectivity index (χ1n) is 9.11. The lowest BCUT2D eigenvalue weighted by Gasteiger charge is -2.36. The number of hydrogen-bond donors (Lipinski definition) is 0. The molecule has 9 nitrogen and oxygen atoms in total. The predicted octanol–water partition coefficient (Wildman–Crippen LogP) is 0.487. The number of amides is 1. The van der Waals surface area contributed by atoms with Crippen LogP contribution in [0.3, 0.4) is 0 Å². The van der Waals surface area contributed by atoms with Crippen LogP contribution in [0.1, 0.15) is 0 Å². The van der Waals surface area contributed by atoms with Crippen LogP contribution in [0.2, 0.25) is 0 Å². The molecule has 2 aromatic heterocycles. The molecule has 146 valence electrons. The second-order valence-corrected chi connectivity index (χ2v) is 6.75. The van der Waals surface area contributed by atoms with Gasteiger partial charge in [0.2, 0.25) is 5.91 Å². The van der Waals surface area contributed by atoms with Gasteiger partial charge in [0.1, 0.15) is 24.0 Å². The molecule has 3 heterocycles. The fraction of sp³-hybridized carbons (Fsp3) is 0.368. The summed E-state index contributed by atoms with van der Waals surface area (Å²) in [6.07, 6.45) is 2.90. The quantitative estimate of drug-likeness (QED) is 0.653. The third-order valence-corrected chi connectivity index (χ3v) is 5.07. The Morgan fingerprint density at radius 3 is 2.75 bits per heavy atom. The molecule has 1 fully saturated rings. The van der Waals surface area contributed by atoms with Crippen LogP contribution in [0.5, 0.6) is 5.75 Å². The first kappa shape index (κ1) is 18.0. The molecule has 0 bridgehead atoms. The van der Waals surface area contributed by atoms with Gasteiger partial charge in [-0.15, -0.1) is 0 Å². The number of carbonyl (C=O) groups is 1. The summed E-state index contributed by atoms with van der Waals surface area (Å²) in [7, 11) is 3.38. The lowest BCUT2D eigenvalue weighted by molar-refractivity contribution is -0.132. The summed E-state index contributed by atoms with van der Waals surface area (Å²) >= 11 is 0.